The molecule has 1 atom stereocenters. The first-order chi connectivity index (χ1) is 13.0. The third kappa shape index (κ3) is 5.12. The highest BCUT2D eigenvalue weighted by atomic mass is 35.5. The summed E-state index contributed by atoms with van der Waals surface area (Å²) in [6, 6.07) is 14.7. The average molecular weight is 402 g/mol. The monoisotopic (exact) mass is 401 g/mol. The van der Waals surface area contributed by atoms with Crippen molar-refractivity contribution in [1.82, 2.24) is 9.80 Å². The van der Waals surface area contributed by atoms with Crippen molar-refractivity contribution in [3.63, 3.8) is 0 Å². The molecule has 1 fully saturated rings. The highest BCUT2D eigenvalue weighted by Crippen LogP contribution is 2.17. The van der Waals surface area contributed by atoms with Crippen LogP contribution < -0.4 is 5.73 Å². The summed E-state index contributed by atoms with van der Waals surface area (Å²) < 4.78 is 0. The zero-order valence-electron chi connectivity index (χ0n) is 16.4. The Bertz CT molecular complexity index is 823. The van der Waals surface area contributed by atoms with Crippen LogP contribution in [0, 0.1) is 13.8 Å². The Morgan fingerprint density at radius 2 is 1.54 bits per heavy atom. The number of hydrogen-bond donors (Lipinski definition) is 1. The van der Waals surface area contributed by atoms with Crippen molar-refractivity contribution in [3.8, 4) is 0 Å². The zero-order valence-corrected chi connectivity index (χ0v) is 17.2. The summed E-state index contributed by atoms with van der Waals surface area (Å²) in [5.41, 5.74) is 9.93. The van der Waals surface area contributed by atoms with E-state index in [0.717, 1.165) is 23.1 Å². The quantitative estimate of drug-likeness (QED) is 0.859. The minimum atomic E-state index is -0.662. The number of carbonyl (C=O) groups is 2. The minimum absolute atomic E-state index is 0. The second-order valence-electron chi connectivity index (χ2n) is 7.23. The highest BCUT2D eigenvalue weighted by molar-refractivity contribution is 5.94. The van der Waals surface area contributed by atoms with E-state index in [-0.39, 0.29) is 24.2 Å². The van der Waals surface area contributed by atoms with Crippen LogP contribution in [0.25, 0.3) is 0 Å². The Morgan fingerprint density at radius 1 is 0.893 bits per heavy atom. The molecule has 2 N–H and O–H groups in total. The van der Waals surface area contributed by atoms with Crippen molar-refractivity contribution in [1.29, 1.82) is 0 Å². The molecule has 5 nitrogen and oxygen atoms in total. The SMILES string of the molecule is Cc1ccc(C(N)C(=O)N2CCCN(C(=O)c3cccc(C)c3)CC2)cc1.Cl. The van der Waals surface area contributed by atoms with Gasteiger partial charge in [0.1, 0.15) is 6.04 Å². The molecule has 2 amide bonds. The van der Waals surface area contributed by atoms with Crippen LogP contribution in [0.2, 0.25) is 0 Å². The van der Waals surface area contributed by atoms with Crippen molar-refractivity contribution < 1.29 is 9.59 Å². The van der Waals surface area contributed by atoms with Gasteiger partial charge in [-0.05, 0) is 38.0 Å². The lowest BCUT2D eigenvalue weighted by molar-refractivity contribution is -0.132. The molecule has 0 bridgehead atoms. The number of carbonyl (C=O) groups excluding carboxylic acids is 2. The number of nitrogens with zero attached hydrogens (tertiary/aromatic N) is 2. The standard InChI is InChI=1S/C22H27N3O2.ClH/c1-16-7-9-18(10-8-16)20(23)22(27)25-12-4-11-24(13-14-25)21(26)19-6-3-5-17(2)15-19;/h3,5-10,15,20H,4,11-14,23H2,1-2H3;1H. The summed E-state index contributed by atoms with van der Waals surface area (Å²) in [5, 5.41) is 0. The zero-order chi connectivity index (χ0) is 19.4. The van der Waals surface area contributed by atoms with E-state index in [1.165, 1.54) is 0 Å². The average Bonchev–Trinajstić information content (AvgIpc) is 2.93. The van der Waals surface area contributed by atoms with E-state index in [1.807, 2.05) is 67.3 Å². The van der Waals surface area contributed by atoms with Crippen LogP contribution in [0.5, 0.6) is 0 Å². The Hall–Kier alpha value is -2.37. The molecule has 0 spiro atoms. The number of amides is 2. The van der Waals surface area contributed by atoms with Gasteiger partial charge in [-0.25, -0.2) is 0 Å². The number of halogens is 1. The lowest BCUT2D eigenvalue weighted by Crippen LogP contribution is -2.41. The van der Waals surface area contributed by atoms with E-state index in [9.17, 15) is 9.59 Å². The lowest BCUT2D eigenvalue weighted by Gasteiger charge is -2.25. The second kappa shape index (κ2) is 9.71. The largest absolute Gasteiger partial charge is 0.339 e. The maximum Gasteiger partial charge on any atom is 0.253 e. The fourth-order valence-electron chi connectivity index (χ4n) is 3.41. The maximum atomic E-state index is 12.8. The van der Waals surface area contributed by atoms with Gasteiger partial charge in [0.25, 0.3) is 5.91 Å². The number of rotatable bonds is 3. The van der Waals surface area contributed by atoms with Crippen LogP contribution in [0.4, 0.5) is 0 Å². The Kier molecular flexibility index (Phi) is 7.61. The normalized spacial score (nSPS) is 15.4. The summed E-state index contributed by atoms with van der Waals surface area (Å²) in [5.74, 6) is -0.0560. The molecule has 0 radical (unpaired) electrons. The molecule has 6 heteroatoms. The molecule has 2 aromatic rings. The number of benzene rings is 2. The molecule has 1 saturated heterocycles. The predicted molar refractivity (Wildman–Crippen MR) is 114 cm³/mol. The molecule has 2 aromatic carbocycles. The van der Waals surface area contributed by atoms with E-state index in [4.69, 9.17) is 5.73 Å². The maximum absolute atomic E-state index is 12.8. The molecule has 0 aliphatic carbocycles. The summed E-state index contributed by atoms with van der Waals surface area (Å²) >= 11 is 0. The highest BCUT2D eigenvalue weighted by Gasteiger charge is 2.26. The van der Waals surface area contributed by atoms with Gasteiger partial charge in [-0.15, -0.1) is 12.4 Å². The van der Waals surface area contributed by atoms with Gasteiger partial charge in [-0.3, -0.25) is 9.59 Å². The van der Waals surface area contributed by atoms with Crippen LogP contribution in [-0.4, -0.2) is 47.8 Å². The van der Waals surface area contributed by atoms with E-state index >= 15 is 0 Å². The molecule has 28 heavy (non-hydrogen) atoms. The predicted octanol–water partition coefficient (Wildman–Crippen LogP) is 3.10. The van der Waals surface area contributed by atoms with E-state index < -0.39 is 6.04 Å². The fraction of sp³-hybridized carbons (Fsp3) is 0.364. The summed E-state index contributed by atoms with van der Waals surface area (Å²) in [7, 11) is 0. The van der Waals surface area contributed by atoms with Gasteiger partial charge in [-0.2, -0.15) is 0 Å². The van der Waals surface area contributed by atoms with E-state index in [2.05, 4.69) is 0 Å². The molecule has 3 rings (SSSR count). The first kappa shape index (κ1) is 21.9. The number of aryl methyl sites for hydroxylation is 2. The van der Waals surface area contributed by atoms with Crippen molar-refractivity contribution in [2.45, 2.75) is 26.3 Å². The van der Waals surface area contributed by atoms with Gasteiger partial charge in [0, 0.05) is 31.7 Å². The van der Waals surface area contributed by atoms with Crippen LogP contribution in [0.3, 0.4) is 0 Å². The first-order valence-electron chi connectivity index (χ1n) is 9.42. The molecule has 0 saturated carbocycles. The smallest absolute Gasteiger partial charge is 0.253 e. The molecule has 150 valence electrons. The molecule has 0 aromatic heterocycles. The molecular formula is C22H28ClN3O2. The summed E-state index contributed by atoms with van der Waals surface area (Å²) in [6.45, 7) is 6.29. The van der Waals surface area contributed by atoms with E-state index in [1.54, 1.807) is 4.90 Å². The van der Waals surface area contributed by atoms with Crippen molar-refractivity contribution in [3.05, 3.63) is 70.8 Å². The topological polar surface area (TPSA) is 66.6 Å². The van der Waals surface area contributed by atoms with Gasteiger partial charge in [0.2, 0.25) is 5.91 Å². The van der Waals surface area contributed by atoms with Gasteiger partial charge in [0.05, 0.1) is 0 Å². The first-order valence-corrected chi connectivity index (χ1v) is 9.42. The van der Waals surface area contributed by atoms with Crippen LogP contribution >= 0.6 is 12.4 Å². The van der Waals surface area contributed by atoms with Crippen molar-refractivity contribution >= 4 is 24.2 Å². The third-order valence-corrected chi connectivity index (χ3v) is 5.06. The Balaban J connectivity index is 0.00000280. The van der Waals surface area contributed by atoms with Gasteiger partial charge < -0.3 is 15.5 Å². The molecular weight excluding hydrogens is 374 g/mol. The summed E-state index contributed by atoms with van der Waals surface area (Å²) in [6.07, 6.45) is 0.754. The van der Waals surface area contributed by atoms with Gasteiger partial charge in [0.15, 0.2) is 0 Å². The number of nitrogens with two attached hydrogens (primary N) is 1. The second-order valence-corrected chi connectivity index (χ2v) is 7.23. The molecule has 1 heterocycles. The molecule has 1 aliphatic heterocycles. The lowest BCUT2D eigenvalue weighted by atomic mass is 10.0. The van der Waals surface area contributed by atoms with Crippen LogP contribution in [-0.2, 0) is 4.79 Å². The number of hydrogen-bond acceptors (Lipinski definition) is 3. The van der Waals surface area contributed by atoms with Crippen molar-refractivity contribution in [2.75, 3.05) is 26.2 Å². The van der Waals surface area contributed by atoms with Gasteiger partial charge in [-0.1, -0.05) is 47.5 Å². The Morgan fingerprint density at radius 3 is 2.21 bits per heavy atom. The van der Waals surface area contributed by atoms with Crippen LogP contribution in [0.15, 0.2) is 48.5 Å². The molecule has 1 unspecified atom stereocenters. The summed E-state index contributed by atoms with van der Waals surface area (Å²) in [4.78, 5) is 29.2. The third-order valence-electron chi connectivity index (χ3n) is 5.06. The van der Waals surface area contributed by atoms with Crippen molar-refractivity contribution in [2.24, 2.45) is 5.73 Å². The van der Waals surface area contributed by atoms with Gasteiger partial charge >= 0.3 is 0 Å². The van der Waals surface area contributed by atoms with E-state index in [0.29, 0.717) is 31.7 Å². The molecule has 1 aliphatic rings. The Labute approximate surface area is 172 Å². The fourth-order valence-corrected chi connectivity index (χ4v) is 3.41. The van der Waals surface area contributed by atoms with Crippen LogP contribution in [0.1, 0.15) is 39.5 Å². The minimum Gasteiger partial charge on any atom is -0.339 e.